The summed E-state index contributed by atoms with van der Waals surface area (Å²) >= 11 is 0. The Kier molecular flexibility index (Phi) is 4.98. The molecule has 1 amide bonds. The van der Waals surface area contributed by atoms with Gasteiger partial charge < -0.3 is 5.32 Å². The zero-order valence-corrected chi connectivity index (χ0v) is 15.7. The highest BCUT2D eigenvalue weighted by molar-refractivity contribution is 5.96. The van der Waals surface area contributed by atoms with E-state index in [9.17, 15) is 18.0 Å². The first-order chi connectivity index (χ1) is 12.9. The molecule has 0 radical (unpaired) electrons. The van der Waals surface area contributed by atoms with Crippen molar-refractivity contribution in [3.63, 3.8) is 0 Å². The van der Waals surface area contributed by atoms with Crippen LogP contribution in [0.2, 0.25) is 0 Å². The van der Waals surface area contributed by atoms with Crippen LogP contribution in [-0.4, -0.2) is 11.9 Å². The van der Waals surface area contributed by atoms with Crippen molar-refractivity contribution in [2.75, 3.05) is 0 Å². The summed E-state index contributed by atoms with van der Waals surface area (Å²) in [6.45, 7) is 0. The lowest BCUT2D eigenvalue weighted by Crippen LogP contribution is -2.44. The zero-order chi connectivity index (χ0) is 19.1. The smallest absolute Gasteiger partial charge is 0.349 e. The standard InChI is InChI=1S/C22H28F3NO/c23-22(24,25)16-9-10-17(18(14-16)15-7-8-15)20(27)26-19-6-5-13-21(19)11-3-1-2-4-12-21/h9-10,14-15,19H,1-8,11-13H2,(H,26,27)/t19-/m0/s1. The molecule has 0 heterocycles. The van der Waals surface area contributed by atoms with Crippen molar-refractivity contribution in [2.45, 2.75) is 88.8 Å². The SMILES string of the molecule is O=C(N[C@H]1CCCC12CCCCCC2)c1ccc(C(F)(F)F)cc1C1CC1. The van der Waals surface area contributed by atoms with E-state index in [2.05, 4.69) is 5.32 Å². The second-order valence-electron chi connectivity index (χ2n) is 8.77. The molecule has 3 saturated carbocycles. The first kappa shape index (κ1) is 18.8. The molecule has 0 aliphatic heterocycles. The van der Waals surface area contributed by atoms with Gasteiger partial charge in [0.2, 0.25) is 0 Å². The molecule has 0 aromatic heterocycles. The van der Waals surface area contributed by atoms with Gasteiger partial charge >= 0.3 is 6.18 Å². The van der Waals surface area contributed by atoms with Crippen molar-refractivity contribution >= 4 is 5.91 Å². The molecule has 3 aliphatic carbocycles. The van der Waals surface area contributed by atoms with Crippen LogP contribution in [0.25, 0.3) is 0 Å². The number of carbonyl (C=O) groups excluding carboxylic acids is 1. The van der Waals surface area contributed by atoms with Gasteiger partial charge in [0.25, 0.3) is 5.91 Å². The van der Waals surface area contributed by atoms with E-state index in [1.54, 1.807) is 0 Å². The fraction of sp³-hybridized carbons (Fsp3) is 0.682. The number of rotatable bonds is 3. The topological polar surface area (TPSA) is 29.1 Å². The second-order valence-corrected chi connectivity index (χ2v) is 8.77. The number of hydrogen-bond donors (Lipinski definition) is 1. The quantitative estimate of drug-likeness (QED) is 0.665. The Hall–Kier alpha value is -1.52. The molecular formula is C22H28F3NO. The Balaban J connectivity index is 1.56. The molecule has 1 atom stereocenters. The number of nitrogens with one attached hydrogen (secondary N) is 1. The zero-order valence-electron chi connectivity index (χ0n) is 15.7. The molecule has 1 aromatic carbocycles. The third kappa shape index (κ3) is 3.88. The normalized spacial score (nSPS) is 25.4. The molecule has 1 N–H and O–H groups in total. The predicted octanol–water partition coefficient (Wildman–Crippen LogP) is 6.21. The highest BCUT2D eigenvalue weighted by Gasteiger charge is 2.43. The van der Waals surface area contributed by atoms with Crippen LogP contribution in [0.4, 0.5) is 13.2 Å². The summed E-state index contributed by atoms with van der Waals surface area (Å²) in [7, 11) is 0. The van der Waals surface area contributed by atoms with Gasteiger partial charge in [-0.3, -0.25) is 4.79 Å². The summed E-state index contributed by atoms with van der Waals surface area (Å²) in [5.74, 6) is -0.0791. The first-order valence-electron chi connectivity index (χ1n) is 10.4. The van der Waals surface area contributed by atoms with Gasteiger partial charge in [0.05, 0.1) is 5.56 Å². The van der Waals surface area contributed by atoms with Crippen LogP contribution in [0, 0.1) is 5.41 Å². The van der Waals surface area contributed by atoms with E-state index in [-0.39, 0.29) is 23.3 Å². The molecule has 0 saturated heterocycles. The van der Waals surface area contributed by atoms with Gasteiger partial charge in [0.1, 0.15) is 0 Å². The molecule has 3 aliphatic rings. The third-order valence-electron chi connectivity index (χ3n) is 6.95. The van der Waals surface area contributed by atoms with Crippen LogP contribution < -0.4 is 5.32 Å². The summed E-state index contributed by atoms with van der Waals surface area (Å²) in [4.78, 5) is 13.0. The molecule has 1 spiro atoms. The first-order valence-corrected chi connectivity index (χ1v) is 10.4. The van der Waals surface area contributed by atoms with Crippen molar-refractivity contribution in [1.82, 2.24) is 5.32 Å². The summed E-state index contributed by atoms with van der Waals surface area (Å²) in [6.07, 6.45) is 7.98. The Labute approximate surface area is 158 Å². The van der Waals surface area contributed by atoms with Crippen molar-refractivity contribution in [2.24, 2.45) is 5.41 Å². The Bertz CT molecular complexity index is 700. The minimum Gasteiger partial charge on any atom is -0.349 e. The molecule has 27 heavy (non-hydrogen) atoms. The molecule has 4 rings (SSSR count). The van der Waals surface area contributed by atoms with Crippen LogP contribution in [0.15, 0.2) is 18.2 Å². The molecule has 0 unspecified atom stereocenters. The van der Waals surface area contributed by atoms with Gasteiger partial charge in [-0.15, -0.1) is 0 Å². The van der Waals surface area contributed by atoms with E-state index in [1.807, 2.05) is 0 Å². The molecule has 0 bridgehead atoms. The lowest BCUT2D eigenvalue weighted by Gasteiger charge is -2.35. The summed E-state index contributed by atoms with van der Waals surface area (Å²) in [5, 5.41) is 3.24. The maximum absolute atomic E-state index is 13.1. The van der Waals surface area contributed by atoms with Gasteiger partial charge in [0, 0.05) is 11.6 Å². The fourth-order valence-corrected chi connectivity index (χ4v) is 5.31. The van der Waals surface area contributed by atoms with Crippen LogP contribution >= 0.6 is 0 Å². The molecule has 1 aromatic rings. The van der Waals surface area contributed by atoms with Crippen LogP contribution in [0.1, 0.15) is 98.0 Å². The van der Waals surface area contributed by atoms with E-state index in [0.29, 0.717) is 11.1 Å². The maximum Gasteiger partial charge on any atom is 0.416 e. The molecular weight excluding hydrogens is 351 g/mol. The fourth-order valence-electron chi connectivity index (χ4n) is 5.31. The van der Waals surface area contributed by atoms with E-state index in [4.69, 9.17) is 0 Å². The van der Waals surface area contributed by atoms with Crippen molar-refractivity contribution in [3.8, 4) is 0 Å². The van der Waals surface area contributed by atoms with Gasteiger partial charge in [-0.2, -0.15) is 13.2 Å². The Morgan fingerprint density at radius 3 is 2.26 bits per heavy atom. The van der Waals surface area contributed by atoms with Crippen LogP contribution in [0.3, 0.4) is 0 Å². The van der Waals surface area contributed by atoms with Crippen LogP contribution in [0.5, 0.6) is 0 Å². The lowest BCUT2D eigenvalue weighted by atomic mass is 9.75. The van der Waals surface area contributed by atoms with E-state index >= 15 is 0 Å². The molecule has 2 nitrogen and oxygen atoms in total. The Morgan fingerprint density at radius 2 is 1.63 bits per heavy atom. The van der Waals surface area contributed by atoms with Crippen LogP contribution in [-0.2, 0) is 6.18 Å². The minimum absolute atomic E-state index is 0.100. The minimum atomic E-state index is -4.37. The predicted molar refractivity (Wildman–Crippen MR) is 98.7 cm³/mol. The average molecular weight is 379 g/mol. The monoisotopic (exact) mass is 379 g/mol. The summed E-state index contributed by atoms with van der Waals surface area (Å²) in [6, 6.07) is 3.80. The van der Waals surface area contributed by atoms with Crippen molar-refractivity contribution in [1.29, 1.82) is 0 Å². The van der Waals surface area contributed by atoms with Gasteiger partial charge in [-0.05, 0) is 73.6 Å². The number of hydrogen-bond acceptors (Lipinski definition) is 1. The molecule has 148 valence electrons. The van der Waals surface area contributed by atoms with E-state index < -0.39 is 11.7 Å². The van der Waals surface area contributed by atoms with Gasteiger partial charge in [-0.1, -0.05) is 32.1 Å². The van der Waals surface area contributed by atoms with E-state index in [0.717, 1.165) is 31.7 Å². The summed E-state index contributed by atoms with van der Waals surface area (Å²) in [5.41, 5.74) is 0.580. The number of benzene rings is 1. The average Bonchev–Trinajstić information content (AvgIpc) is 3.42. The highest BCUT2D eigenvalue weighted by atomic mass is 19.4. The van der Waals surface area contributed by atoms with Gasteiger partial charge in [0.15, 0.2) is 0 Å². The molecule has 5 heteroatoms. The lowest BCUT2D eigenvalue weighted by molar-refractivity contribution is -0.137. The summed E-state index contributed by atoms with van der Waals surface area (Å²) < 4.78 is 39.3. The van der Waals surface area contributed by atoms with Crippen molar-refractivity contribution < 1.29 is 18.0 Å². The van der Waals surface area contributed by atoms with Gasteiger partial charge in [-0.25, -0.2) is 0 Å². The largest absolute Gasteiger partial charge is 0.416 e. The third-order valence-corrected chi connectivity index (χ3v) is 6.95. The number of alkyl halides is 3. The number of amides is 1. The van der Waals surface area contributed by atoms with Crippen molar-refractivity contribution in [3.05, 3.63) is 34.9 Å². The maximum atomic E-state index is 13.1. The van der Waals surface area contributed by atoms with E-state index in [1.165, 1.54) is 57.1 Å². The molecule has 3 fully saturated rings. The Morgan fingerprint density at radius 1 is 0.963 bits per heavy atom. The number of carbonyl (C=O) groups is 1. The highest BCUT2D eigenvalue weighted by Crippen LogP contribution is 2.49. The number of halogens is 3. The second kappa shape index (κ2) is 7.14.